The number of amides is 1. The summed E-state index contributed by atoms with van der Waals surface area (Å²) in [6.45, 7) is 1.26. The lowest BCUT2D eigenvalue weighted by Gasteiger charge is -2.36. The van der Waals surface area contributed by atoms with Crippen molar-refractivity contribution in [2.75, 3.05) is 13.6 Å². The molecule has 0 atom stereocenters. The fraction of sp³-hybridized carbons (Fsp3) is 0.667. The average Bonchev–Trinajstić information content (AvgIpc) is 2.85. The summed E-state index contributed by atoms with van der Waals surface area (Å²) in [4.78, 5) is 15.3. The van der Waals surface area contributed by atoms with Crippen molar-refractivity contribution < 1.29 is 4.79 Å². The monoisotopic (exact) mass is 314 g/mol. The first-order valence-corrected chi connectivity index (χ1v) is 8.42. The van der Waals surface area contributed by atoms with Crippen LogP contribution in [0.3, 0.4) is 0 Å². The molecule has 1 aliphatic carbocycles. The van der Waals surface area contributed by atoms with Crippen molar-refractivity contribution in [2.24, 2.45) is 11.1 Å². The molecular weight excluding hydrogens is 292 g/mol. The van der Waals surface area contributed by atoms with Gasteiger partial charge in [0.25, 0.3) is 0 Å². The smallest absolute Gasteiger partial charge is 0.223 e. The molecule has 1 saturated carbocycles. The first-order valence-electron chi connectivity index (χ1n) is 7.23. The van der Waals surface area contributed by atoms with Crippen LogP contribution < -0.4 is 5.73 Å². The Morgan fingerprint density at radius 1 is 1.40 bits per heavy atom. The second kappa shape index (κ2) is 6.92. The molecular formula is C15H23ClN2OS. The van der Waals surface area contributed by atoms with Crippen LogP contribution in [0, 0.1) is 5.41 Å². The Morgan fingerprint density at radius 3 is 2.65 bits per heavy atom. The van der Waals surface area contributed by atoms with E-state index in [1.54, 1.807) is 4.90 Å². The van der Waals surface area contributed by atoms with Crippen molar-refractivity contribution in [1.29, 1.82) is 0 Å². The number of nitrogens with zero attached hydrogens (tertiary/aromatic N) is 1. The SMILES string of the molecule is CN(Cc1ccc(Cl)s1)C(=O)CC1(CN)CCCCC1. The van der Waals surface area contributed by atoms with Crippen LogP contribution in [0.2, 0.25) is 4.34 Å². The number of hydrogen-bond acceptors (Lipinski definition) is 3. The summed E-state index contributed by atoms with van der Waals surface area (Å²) < 4.78 is 0.770. The fourth-order valence-corrected chi connectivity index (χ4v) is 4.11. The highest BCUT2D eigenvalue weighted by Gasteiger charge is 2.33. The van der Waals surface area contributed by atoms with Crippen molar-refractivity contribution in [3.63, 3.8) is 0 Å². The van der Waals surface area contributed by atoms with E-state index in [9.17, 15) is 4.79 Å². The zero-order valence-electron chi connectivity index (χ0n) is 12.0. The highest BCUT2D eigenvalue weighted by atomic mass is 35.5. The Labute approximate surface area is 130 Å². The van der Waals surface area contributed by atoms with Crippen LogP contribution in [0.1, 0.15) is 43.4 Å². The van der Waals surface area contributed by atoms with Gasteiger partial charge in [0.05, 0.1) is 10.9 Å². The number of rotatable bonds is 5. The van der Waals surface area contributed by atoms with Gasteiger partial charge in [-0.15, -0.1) is 11.3 Å². The van der Waals surface area contributed by atoms with E-state index in [0.717, 1.165) is 22.1 Å². The van der Waals surface area contributed by atoms with E-state index in [1.807, 2.05) is 19.2 Å². The van der Waals surface area contributed by atoms with E-state index in [1.165, 1.54) is 30.6 Å². The summed E-state index contributed by atoms with van der Waals surface area (Å²) in [6, 6.07) is 3.86. The van der Waals surface area contributed by atoms with Gasteiger partial charge >= 0.3 is 0 Å². The molecule has 20 heavy (non-hydrogen) atoms. The van der Waals surface area contributed by atoms with Crippen LogP contribution in [0.15, 0.2) is 12.1 Å². The molecule has 1 aliphatic rings. The van der Waals surface area contributed by atoms with Crippen molar-refractivity contribution in [2.45, 2.75) is 45.1 Å². The van der Waals surface area contributed by atoms with Crippen molar-refractivity contribution in [1.82, 2.24) is 4.90 Å². The second-order valence-corrected chi connectivity index (χ2v) is 7.70. The van der Waals surface area contributed by atoms with E-state index in [4.69, 9.17) is 17.3 Å². The van der Waals surface area contributed by atoms with E-state index < -0.39 is 0 Å². The lowest BCUT2D eigenvalue weighted by atomic mass is 9.71. The largest absolute Gasteiger partial charge is 0.341 e. The topological polar surface area (TPSA) is 46.3 Å². The first kappa shape index (κ1) is 15.8. The molecule has 0 aliphatic heterocycles. The number of carbonyl (C=O) groups excluding carboxylic acids is 1. The normalized spacial score (nSPS) is 17.9. The lowest BCUT2D eigenvalue weighted by molar-refractivity contribution is -0.133. The maximum absolute atomic E-state index is 12.4. The molecule has 1 aromatic rings. The third-order valence-corrected chi connectivity index (χ3v) is 5.54. The number of nitrogens with two attached hydrogens (primary N) is 1. The van der Waals surface area contributed by atoms with Gasteiger partial charge in [0.1, 0.15) is 0 Å². The molecule has 0 spiro atoms. The van der Waals surface area contributed by atoms with Gasteiger partial charge in [-0.25, -0.2) is 0 Å². The van der Waals surface area contributed by atoms with E-state index in [2.05, 4.69) is 0 Å². The maximum atomic E-state index is 12.4. The van der Waals surface area contributed by atoms with Crippen LogP contribution in [0.25, 0.3) is 0 Å². The Morgan fingerprint density at radius 2 is 2.10 bits per heavy atom. The molecule has 2 N–H and O–H groups in total. The van der Waals surface area contributed by atoms with Gasteiger partial charge in [0.15, 0.2) is 0 Å². The summed E-state index contributed by atoms with van der Waals surface area (Å²) in [7, 11) is 1.86. The van der Waals surface area contributed by atoms with Gasteiger partial charge in [-0.3, -0.25) is 4.79 Å². The van der Waals surface area contributed by atoms with Crippen LogP contribution >= 0.6 is 22.9 Å². The first-order chi connectivity index (χ1) is 9.54. The van der Waals surface area contributed by atoms with Gasteiger partial charge in [-0.1, -0.05) is 30.9 Å². The predicted octanol–water partition coefficient (Wildman–Crippen LogP) is 3.66. The van der Waals surface area contributed by atoms with Gasteiger partial charge in [-0.05, 0) is 36.9 Å². The lowest BCUT2D eigenvalue weighted by Crippen LogP contribution is -2.39. The van der Waals surface area contributed by atoms with Crippen molar-refractivity contribution >= 4 is 28.8 Å². The fourth-order valence-electron chi connectivity index (χ4n) is 2.97. The highest BCUT2D eigenvalue weighted by molar-refractivity contribution is 7.16. The molecule has 0 bridgehead atoms. The van der Waals surface area contributed by atoms with Gasteiger partial charge in [0.2, 0.25) is 5.91 Å². The summed E-state index contributed by atoms with van der Waals surface area (Å²) >= 11 is 7.45. The summed E-state index contributed by atoms with van der Waals surface area (Å²) in [5, 5.41) is 0. The van der Waals surface area contributed by atoms with Crippen LogP contribution in [0.4, 0.5) is 0 Å². The summed E-state index contributed by atoms with van der Waals surface area (Å²) in [5.41, 5.74) is 5.99. The van der Waals surface area contributed by atoms with Crippen LogP contribution in [-0.2, 0) is 11.3 Å². The van der Waals surface area contributed by atoms with E-state index in [-0.39, 0.29) is 11.3 Å². The standard InChI is InChI=1S/C15H23ClN2OS/c1-18(10-12-5-6-13(16)20-12)14(19)9-15(11-17)7-3-2-4-8-15/h5-6H,2-4,7-11,17H2,1H3. The number of thiophene rings is 1. The minimum Gasteiger partial charge on any atom is -0.341 e. The molecule has 1 amide bonds. The van der Waals surface area contributed by atoms with Gasteiger partial charge < -0.3 is 10.6 Å². The molecule has 112 valence electrons. The summed E-state index contributed by atoms with van der Waals surface area (Å²) in [6.07, 6.45) is 6.45. The Balaban J connectivity index is 1.92. The zero-order chi connectivity index (χ0) is 14.6. The Kier molecular flexibility index (Phi) is 5.47. The van der Waals surface area contributed by atoms with Gasteiger partial charge in [0, 0.05) is 18.3 Å². The minimum absolute atomic E-state index is 0.0384. The predicted molar refractivity (Wildman–Crippen MR) is 85.0 cm³/mol. The maximum Gasteiger partial charge on any atom is 0.223 e. The molecule has 0 aromatic carbocycles. The zero-order valence-corrected chi connectivity index (χ0v) is 13.6. The van der Waals surface area contributed by atoms with Crippen molar-refractivity contribution in [3.05, 3.63) is 21.3 Å². The van der Waals surface area contributed by atoms with Gasteiger partial charge in [-0.2, -0.15) is 0 Å². The molecule has 0 unspecified atom stereocenters. The molecule has 3 nitrogen and oxygen atoms in total. The average molecular weight is 315 g/mol. The molecule has 5 heteroatoms. The Hall–Kier alpha value is -0.580. The third-order valence-electron chi connectivity index (χ3n) is 4.32. The van der Waals surface area contributed by atoms with Crippen molar-refractivity contribution in [3.8, 4) is 0 Å². The second-order valence-electron chi connectivity index (χ2n) is 5.90. The molecule has 0 radical (unpaired) electrons. The summed E-state index contributed by atoms with van der Waals surface area (Å²) in [5.74, 6) is 0.196. The molecule has 1 aromatic heterocycles. The quantitative estimate of drug-likeness (QED) is 0.901. The Bertz CT molecular complexity index is 454. The van der Waals surface area contributed by atoms with E-state index in [0.29, 0.717) is 19.5 Å². The third kappa shape index (κ3) is 3.96. The van der Waals surface area contributed by atoms with E-state index >= 15 is 0 Å². The minimum atomic E-state index is 0.0384. The number of carbonyl (C=O) groups is 1. The molecule has 0 saturated heterocycles. The number of hydrogen-bond donors (Lipinski definition) is 1. The number of halogens is 1. The molecule has 1 fully saturated rings. The highest BCUT2D eigenvalue weighted by Crippen LogP contribution is 2.38. The molecule has 2 rings (SSSR count). The van der Waals surface area contributed by atoms with Crippen LogP contribution in [0.5, 0.6) is 0 Å². The van der Waals surface area contributed by atoms with Crippen LogP contribution in [-0.4, -0.2) is 24.4 Å². The molecule has 1 heterocycles.